The standard InChI is InChI=1S/C53H61N5O8/c1-5-57(40-18-22-64-23-19-40)49-31-39(30-44(36(49)4)52(61)55-33-46-34(2)28-35(3)56-53(46)62)38-11-14-42(15-12-38)66-27-26-65-25-24-63-21-7-8-37-10-16-47-45(29-37)43-9-6-20-54-51(43)58(47)48-17-13-41(59)32-50(48)60/h6,9-12,14-16,20,28-31,40,48H,5,7-8,13,17-19,21-27,32-33H2,1-4H3,(H,55,61)(H,56,62). The van der Waals surface area contributed by atoms with Gasteiger partial charge in [0.25, 0.3) is 11.5 Å². The first-order chi connectivity index (χ1) is 32.1. The van der Waals surface area contributed by atoms with E-state index < -0.39 is 0 Å². The molecule has 13 nitrogen and oxygen atoms in total. The molecule has 8 rings (SSSR count). The number of aromatic nitrogens is 3. The number of pyridine rings is 2. The highest BCUT2D eigenvalue weighted by atomic mass is 16.5. The summed E-state index contributed by atoms with van der Waals surface area (Å²) in [7, 11) is 0. The van der Waals surface area contributed by atoms with E-state index in [0.29, 0.717) is 76.3 Å². The number of amides is 1. The third-order valence-corrected chi connectivity index (χ3v) is 13.0. The van der Waals surface area contributed by atoms with Crippen molar-refractivity contribution in [1.29, 1.82) is 0 Å². The van der Waals surface area contributed by atoms with Crippen LogP contribution in [0, 0.1) is 20.8 Å². The highest BCUT2D eigenvalue weighted by molar-refractivity contribution is 6.10. The number of ketones is 2. The first-order valence-corrected chi connectivity index (χ1v) is 23.4. The molecule has 346 valence electrons. The summed E-state index contributed by atoms with van der Waals surface area (Å²) in [5.41, 5.74) is 9.29. The molecule has 6 aromatic rings. The maximum atomic E-state index is 13.9. The molecule has 1 amide bonds. The van der Waals surface area contributed by atoms with Crippen molar-refractivity contribution in [3.63, 3.8) is 0 Å². The molecule has 1 aliphatic carbocycles. The van der Waals surface area contributed by atoms with Gasteiger partial charge < -0.3 is 38.7 Å². The van der Waals surface area contributed by atoms with E-state index in [9.17, 15) is 19.2 Å². The molecular weight excluding hydrogens is 835 g/mol. The summed E-state index contributed by atoms with van der Waals surface area (Å²) in [5, 5.41) is 5.11. The van der Waals surface area contributed by atoms with Crippen LogP contribution < -0.4 is 20.5 Å². The van der Waals surface area contributed by atoms with Gasteiger partial charge in [-0.05, 0) is 142 Å². The molecule has 4 heterocycles. The molecule has 2 aliphatic rings. The summed E-state index contributed by atoms with van der Waals surface area (Å²) >= 11 is 0. The van der Waals surface area contributed by atoms with Gasteiger partial charge in [-0.2, -0.15) is 0 Å². The van der Waals surface area contributed by atoms with Gasteiger partial charge in [-0.25, -0.2) is 4.98 Å². The summed E-state index contributed by atoms with van der Waals surface area (Å²) < 4.78 is 25.4. The minimum atomic E-state index is -0.370. The number of aryl methyl sites for hydroxylation is 3. The zero-order chi connectivity index (χ0) is 46.2. The van der Waals surface area contributed by atoms with E-state index >= 15 is 0 Å². The van der Waals surface area contributed by atoms with Crippen LogP contribution in [0.15, 0.2) is 83.8 Å². The second-order valence-electron chi connectivity index (χ2n) is 17.5. The van der Waals surface area contributed by atoms with Crippen LogP contribution >= 0.6 is 0 Å². The largest absolute Gasteiger partial charge is 0.491 e. The van der Waals surface area contributed by atoms with Gasteiger partial charge in [-0.15, -0.1) is 0 Å². The van der Waals surface area contributed by atoms with Crippen LogP contribution in [0.3, 0.4) is 0 Å². The molecule has 2 fully saturated rings. The summed E-state index contributed by atoms with van der Waals surface area (Å²) in [6.45, 7) is 12.6. The number of ether oxygens (including phenoxy) is 4. The fourth-order valence-corrected chi connectivity index (χ4v) is 9.57. The van der Waals surface area contributed by atoms with E-state index in [2.05, 4.69) is 51.4 Å². The number of Topliss-reactive ketones (excluding diaryl/α,β-unsaturated/α-hetero) is 2. The van der Waals surface area contributed by atoms with Crippen LogP contribution in [0.4, 0.5) is 5.69 Å². The zero-order valence-electron chi connectivity index (χ0n) is 38.6. The number of nitrogens with zero attached hydrogens (tertiary/aromatic N) is 3. The predicted octanol–water partition coefficient (Wildman–Crippen LogP) is 8.31. The second kappa shape index (κ2) is 21.4. The van der Waals surface area contributed by atoms with Crippen LogP contribution in [0.1, 0.15) is 89.8 Å². The Bertz CT molecular complexity index is 2750. The Balaban J connectivity index is 0.815. The van der Waals surface area contributed by atoms with Gasteiger partial charge in [-0.3, -0.25) is 19.2 Å². The normalized spacial score (nSPS) is 15.7. The lowest BCUT2D eigenvalue weighted by Gasteiger charge is -2.37. The van der Waals surface area contributed by atoms with Crippen molar-refractivity contribution < 1.29 is 33.3 Å². The molecule has 13 heteroatoms. The maximum Gasteiger partial charge on any atom is 0.253 e. The van der Waals surface area contributed by atoms with Gasteiger partial charge in [0.1, 0.15) is 23.8 Å². The van der Waals surface area contributed by atoms with E-state index in [-0.39, 0.29) is 42.0 Å². The van der Waals surface area contributed by atoms with Gasteiger partial charge in [-0.1, -0.05) is 18.2 Å². The van der Waals surface area contributed by atoms with E-state index in [1.807, 2.05) is 73.9 Å². The molecular formula is C53H61N5O8. The van der Waals surface area contributed by atoms with Crippen molar-refractivity contribution in [2.24, 2.45) is 0 Å². The van der Waals surface area contributed by atoms with Gasteiger partial charge >= 0.3 is 0 Å². The van der Waals surface area contributed by atoms with Crippen LogP contribution in [-0.2, 0) is 36.8 Å². The average molecular weight is 896 g/mol. The van der Waals surface area contributed by atoms with E-state index in [4.69, 9.17) is 18.9 Å². The highest BCUT2D eigenvalue weighted by Crippen LogP contribution is 2.37. The number of anilines is 1. The fourth-order valence-electron chi connectivity index (χ4n) is 9.57. The lowest BCUT2D eigenvalue weighted by atomic mass is 9.92. The molecule has 0 radical (unpaired) electrons. The Morgan fingerprint density at radius 3 is 2.41 bits per heavy atom. The Morgan fingerprint density at radius 2 is 1.65 bits per heavy atom. The Hall–Kier alpha value is -6.15. The van der Waals surface area contributed by atoms with Crippen molar-refractivity contribution in [1.82, 2.24) is 19.9 Å². The van der Waals surface area contributed by atoms with Crippen molar-refractivity contribution in [3.05, 3.63) is 123 Å². The number of nitrogens with one attached hydrogen (secondary N) is 2. The lowest BCUT2D eigenvalue weighted by Crippen LogP contribution is -2.40. The minimum Gasteiger partial charge on any atom is -0.491 e. The molecule has 2 N–H and O–H groups in total. The third-order valence-electron chi connectivity index (χ3n) is 13.0. The number of fused-ring (bicyclic) bond motifs is 3. The summed E-state index contributed by atoms with van der Waals surface area (Å²) in [5.74, 6) is 0.467. The molecule has 1 atom stereocenters. The Morgan fingerprint density at radius 1 is 0.879 bits per heavy atom. The molecule has 1 saturated heterocycles. The third kappa shape index (κ3) is 10.6. The number of hydrogen-bond donors (Lipinski definition) is 2. The van der Waals surface area contributed by atoms with Crippen molar-refractivity contribution in [2.45, 2.75) is 91.3 Å². The SMILES string of the molecule is CCN(c1cc(-c2ccc(OCCOCCOCCCc3ccc4c(c3)c3cccnc3n4C3CCC(=O)CC3=O)cc2)cc(C(=O)NCc2c(C)cc(C)[nH]c2=O)c1C)C1CCOCC1. The highest BCUT2D eigenvalue weighted by Gasteiger charge is 2.31. The molecule has 1 unspecified atom stereocenters. The molecule has 1 aliphatic heterocycles. The average Bonchev–Trinajstić information content (AvgIpc) is 3.64. The number of hydrogen-bond acceptors (Lipinski definition) is 10. The maximum absolute atomic E-state index is 13.9. The topological polar surface area (TPSA) is 154 Å². The summed E-state index contributed by atoms with van der Waals surface area (Å²) in [6.07, 6.45) is 6.21. The number of H-pyrrole nitrogens is 1. The Kier molecular flexibility index (Phi) is 15.1. The molecule has 0 spiro atoms. The number of aromatic amines is 1. The summed E-state index contributed by atoms with van der Waals surface area (Å²) in [4.78, 5) is 61.4. The monoisotopic (exact) mass is 895 g/mol. The van der Waals surface area contributed by atoms with E-state index in [0.717, 1.165) is 93.5 Å². The van der Waals surface area contributed by atoms with Gasteiger partial charge in [0.05, 0.1) is 37.8 Å². The lowest BCUT2D eigenvalue weighted by molar-refractivity contribution is -0.132. The van der Waals surface area contributed by atoms with Crippen LogP contribution in [0.25, 0.3) is 33.1 Å². The van der Waals surface area contributed by atoms with Crippen LogP contribution in [-0.4, -0.2) is 90.8 Å². The second-order valence-corrected chi connectivity index (χ2v) is 17.5. The zero-order valence-corrected chi connectivity index (χ0v) is 38.6. The minimum absolute atomic E-state index is 0.00724. The molecule has 3 aromatic carbocycles. The van der Waals surface area contributed by atoms with Gasteiger partial charge in [0.15, 0.2) is 5.78 Å². The van der Waals surface area contributed by atoms with Crippen LogP contribution in [0.2, 0.25) is 0 Å². The quantitative estimate of drug-likeness (QED) is 0.0600. The van der Waals surface area contributed by atoms with Gasteiger partial charge in [0.2, 0.25) is 0 Å². The fraction of sp³-hybridized carbons (Fsp3) is 0.415. The number of benzene rings is 3. The van der Waals surface area contributed by atoms with E-state index in [1.165, 1.54) is 5.56 Å². The van der Waals surface area contributed by atoms with Crippen molar-refractivity contribution in [2.75, 3.05) is 57.7 Å². The predicted molar refractivity (Wildman–Crippen MR) is 257 cm³/mol. The number of carbonyl (C=O) groups is 3. The number of carbonyl (C=O) groups excluding carboxylic acids is 3. The molecule has 1 saturated carbocycles. The molecule has 66 heavy (non-hydrogen) atoms. The van der Waals surface area contributed by atoms with Crippen LogP contribution in [0.5, 0.6) is 5.75 Å². The van der Waals surface area contributed by atoms with E-state index in [1.54, 1.807) is 6.20 Å². The van der Waals surface area contributed by atoms with Crippen molar-refractivity contribution in [3.8, 4) is 16.9 Å². The summed E-state index contributed by atoms with van der Waals surface area (Å²) in [6, 6.07) is 24.2. The number of rotatable bonds is 19. The first-order valence-electron chi connectivity index (χ1n) is 23.4. The first kappa shape index (κ1) is 46.4. The van der Waals surface area contributed by atoms with Gasteiger partial charge in [0, 0.05) is 84.9 Å². The van der Waals surface area contributed by atoms with Crippen molar-refractivity contribution >= 4 is 45.1 Å². The molecule has 0 bridgehead atoms. The molecule has 3 aromatic heterocycles. The Labute approximate surface area is 385 Å². The smallest absolute Gasteiger partial charge is 0.253 e.